The maximum Gasteiger partial charge on any atom is 0.131 e. The maximum atomic E-state index is 6.14. The van der Waals surface area contributed by atoms with Crippen LogP contribution in [0.4, 0.5) is 0 Å². The third-order valence-electron chi connectivity index (χ3n) is 4.27. The third kappa shape index (κ3) is 3.10. The number of hydrogen-bond acceptors (Lipinski definition) is 4. The standard InChI is InChI=1S/C18H19ClN6/c1-23(2)9-10-24-16-8-7-13(19)11-15(16)20-18(24)12-25-17-6-4-3-5-14(17)21-22-25/h3-8,11H,9-10,12H2,1-2H3. The van der Waals surface area contributed by atoms with Crippen molar-refractivity contribution in [1.29, 1.82) is 0 Å². The van der Waals surface area contributed by atoms with Crippen molar-refractivity contribution in [3.05, 3.63) is 53.3 Å². The number of imidazole rings is 1. The molecule has 25 heavy (non-hydrogen) atoms. The molecule has 0 amide bonds. The summed E-state index contributed by atoms with van der Waals surface area (Å²) in [5, 5.41) is 9.22. The number of nitrogens with zero attached hydrogens (tertiary/aromatic N) is 6. The Morgan fingerprint density at radius 2 is 1.88 bits per heavy atom. The van der Waals surface area contributed by atoms with Gasteiger partial charge in [-0.25, -0.2) is 9.67 Å². The minimum Gasteiger partial charge on any atom is -0.325 e. The largest absolute Gasteiger partial charge is 0.325 e. The summed E-state index contributed by atoms with van der Waals surface area (Å²) >= 11 is 6.14. The average molecular weight is 355 g/mol. The van der Waals surface area contributed by atoms with E-state index in [4.69, 9.17) is 16.6 Å². The summed E-state index contributed by atoms with van der Waals surface area (Å²) in [6.07, 6.45) is 0. The lowest BCUT2D eigenvalue weighted by Crippen LogP contribution is -2.20. The van der Waals surface area contributed by atoms with Crippen LogP contribution in [0.25, 0.3) is 22.1 Å². The Morgan fingerprint density at radius 3 is 2.72 bits per heavy atom. The number of halogens is 1. The van der Waals surface area contributed by atoms with Gasteiger partial charge in [-0.05, 0) is 44.4 Å². The van der Waals surface area contributed by atoms with Crippen molar-refractivity contribution in [3.63, 3.8) is 0 Å². The van der Waals surface area contributed by atoms with E-state index in [1.54, 1.807) is 0 Å². The average Bonchev–Trinajstić information content (AvgIpc) is 3.14. The van der Waals surface area contributed by atoms with E-state index >= 15 is 0 Å². The summed E-state index contributed by atoms with van der Waals surface area (Å²) in [5.74, 6) is 0.953. The summed E-state index contributed by atoms with van der Waals surface area (Å²) in [7, 11) is 4.14. The highest BCUT2D eigenvalue weighted by atomic mass is 35.5. The van der Waals surface area contributed by atoms with Gasteiger partial charge in [-0.15, -0.1) is 5.10 Å². The fourth-order valence-corrected chi connectivity index (χ4v) is 3.16. The molecule has 0 aliphatic heterocycles. The Bertz CT molecular complexity index is 1030. The first-order valence-corrected chi connectivity index (χ1v) is 8.57. The number of likely N-dealkylation sites (N-methyl/N-ethyl adjacent to an activating group) is 1. The summed E-state index contributed by atoms with van der Waals surface area (Å²) in [6, 6.07) is 13.8. The highest BCUT2D eigenvalue weighted by Crippen LogP contribution is 2.22. The topological polar surface area (TPSA) is 51.8 Å². The molecule has 0 saturated heterocycles. The molecule has 0 aliphatic carbocycles. The molecule has 0 radical (unpaired) electrons. The van der Waals surface area contributed by atoms with E-state index in [2.05, 4.69) is 33.9 Å². The molecule has 0 fully saturated rings. The Kier molecular flexibility index (Phi) is 4.15. The van der Waals surface area contributed by atoms with Gasteiger partial charge in [0.25, 0.3) is 0 Å². The lowest BCUT2D eigenvalue weighted by atomic mass is 10.3. The minimum absolute atomic E-state index is 0.570. The van der Waals surface area contributed by atoms with Gasteiger partial charge in [-0.1, -0.05) is 28.9 Å². The summed E-state index contributed by atoms with van der Waals surface area (Å²) < 4.78 is 4.13. The summed E-state index contributed by atoms with van der Waals surface area (Å²) in [6.45, 7) is 2.35. The predicted molar refractivity (Wildman–Crippen MR) is 99.9 cm³/mol. The highest BCUT2D eigenvalue weighted by molar-refractivity contribution is 6.31. The van der Waals surface area contributed by atoms with Crippen molar-refractivity contribution in [2.24, 2.45) is 0 Å². The van der Waals surface area contributed by atoms with E-state index in [1.807, 2.05) is 47.1 Å². The van der Waals surface area contributed by atoms with Crippen LogP contribution >= 0.6 is 11.6 Å². The molecule has 0 bridgehead atoms. The first kappa shape index (κ1) is 16.1. The van der Waals surface area contributed by atoms with Gasteiger partial charge in [0, 0.05) is 18.1 Å². The number of benzene rings is 2. The maximum absolute atomic E-state index is 6.14. The zero-order valence-electron chi connectivity index (χ0n) is 14.2. The van der Waals surface area contributed by atoms with Gasteiger partial charge in [0.15, 0.2) is 0 Å². The SMILES string of the molecule is CN(C)CCn1c(Cn2nnc3ccccc32)nc2cc(Cl)ccc21. The Hall–Kier alpha value is -2.44. The zero-order valence-corrected chi connectivity index (χ0v) is 15.0. The molecule has 4 rings (SSSR count). The van der Waals surface area contributed by atoms with Crippen molar-refractivity contribution in [1.82, 2.24) is 29.4 Å². The third-order valence-corrected chi connectivity index (χ3v) is 4.51. The van der Waals surface area contributed by atoms with Crippen molar-refractivity contribution < 1.29 is 0 Å². The van der Waals surface area contributed by atoms with Crippen LogP contribution in [0.2, 0.25) is 5.02 Å². The van der Waals surface area contributed by atoms with Gasteiger partial charge in [0.2, 0.25) is 0 Å². The van der Waals surface area contributed by atoms with Crippen LogP contribution in [0.15, 0.2) is 42.5 Å². The molecular formula is C18H19ClN6. The molecule has 128 valence electrons. The molecule has 0 spiro atoms. The Labute approximate surface area is 150 Å². The first-order chi connectivity index (χ1) is 12.1. The van der Waals surface area contributed by atoms with E-state index in [-0.39, 0.29) is 0 Å². The lowest BCUT2D eigenvalue weighted by molar-refractivity contribution is 0.382. The minimum atomic E-state index is 0.570. The predicted octanol–water partition coefficient (Wildman–Crippen LogP) is 3.04. The van der Waals surface area contributed by atoms with Crippen LogP contribution in [-0.4, -0.2) is 50.1 Å². The molecule has 2 aromatic heterocycles. The van der Waals surface area contributed by atoms with Gasteiger partial charge in [0.05, 0.1) is 16.6 Å². The second-order valence-corrected chi connectivity index (χ2v) is 6.79. The molecule has 0 unspecified atom stereocenters. The monoisotopic (exact) mass is 354 g/mol. The van der Waals surface area contributed by atoms with Crippen molar-refractivity contribution >= 4 is 33.7 Å². The molecule has 2 heterocycles. The van der Waals surface area contributed by atoms with Crippen LogP contribution in [0.5, 0.6) is 0 Å². The van der Waals surface area contributed by atoms with Gasteiger partial charge in [-0.2, -0.15) is 0 Å². The normalized spacial score (nSPS) is 11.8. The van der Waals surface area contributed by atoms with Gasteiger partial charge in [0.1, 0.15) is 17.9 Å². The molecule has 2 aromatic carbocycles. The fraction of sp³-hybridized carbons (Fsp3) is 0.278. The van der Waals surface area contributed by atoms with Crippen molar-refractivity contribution in [3.8, 4) is 0 Å². The number of hydrogen-bond donors (Lipinski definition) is 0. The number of aromatic nitrogens is 5. The van der Waals surface area contributed by atoms with Crippen LogP contribution in [0.3, 0.4) is 0 Å². The van der Waals surface area contributed by atoms with E-state index in [9.17, 15) is 0 Å². The first-order valence-electron chi connectivity index (χ1n) is 8.19. The zero-order chi connectivity index (χ0) is 17.4. The summed E-state index contributed by atoms with van der Waals surface area (Å²) in [5.41, 5.74) is 3.89. The molecule has 0 saturated carbocycles. The molecule has 0 aliphatic rings. The molecule has 4 aromatic rings. The molecule has 7 heteroatoms. The van der Waals surface area contributed by atoms with E-state index in [0.29, 0.717) is 11.6 Å². The summed E-state index contributed by atoms with van der Waals surface area (Å²) in [4.78, 5) is 6.97. The Morgan fingerprint density at radius 1 is 1.04 bits per heavy atom. The Balaban J connectivity index is 1.78. The van der Waals surface area contributed by atoms with Crippen molar-refractivity contribution in [2.45, 2.75) is 13.1 Å². The van der Waals surface area contributed by atoms with Gasteiger partial charge >= 0.3 is 0 Å². The number of fused-ring (bicyclic) bond motifs is 2. The second kappa shape index (κ2) is 6.46. The van der Waals surface area contributed by atoms with E-state index in [0.717, 1.165) is 41.0 Å². The molecule has 6 nitrogen and oxygen atoms in total. The lowest BCUT2D eigenvalue weighted by Gasteiger charge is -2.13. The fourth-order valence-electron chi connectivity index (χ4n) is 2.99. The number of rotatable bonds is 5. The van der Waals surface area contributed by atoms with Gasteiger partial charge in [-0.3, -0.25) is 0 Å². The molecule has 0 N–H and O–H groups in total. The van der Waals surface area contributed by atoms with Crippen molar-refractivity contribution in [2.75, 3.05) is 20.6 Å². The highest BCUT2D eigenvalue weighted by Gasteiger charge is 2.14. The molecular weight excluding hydrogens is 336 g/mol. The molecule has 0 atom stereocenters. The van der Waals surface area contributed by atoms with E-state index < -0.39 is 0 Å². The van der Waals surface area contributed by atoms with Gasteiger partial charge < -0.3 is 9.47 Å². The van der Waals surface area contributed by atoms with Crippen LogP contribution in [0, 0.1) is 0 Å². The van der Waals surface area contributed by atoms with E-state index in [1.165, 1.54) is 0 Å². The van der Waals surface area contributed by atoms with Crippen LogP contribution in [0.1, 0.15) is 5.82 Å². The second-order valence-electron chi connectivity index (χ2n) is 6.35. The number of para-hydroxylation sites is 1. The quantitative estimate of drug-likeness (QED) is 0.552. The smallest absolute Gasteiger partial charge is 0.131 e. The van der Waals surface area contributed by atoms with Crippen LogP contribution < -0.4 is 0 Å². The van der Waals surface area contributed by atoms with Crippen LogP contribution in [-0.2, 0) is 13.1 Å².